The molecule has 0 aliphatic carbocycles. The largest absolute Gasteiger partial charge is 0.466 e. The summed E-state index contributed by atoms with van der Waals surface area (Å²) in [5.74, 6) is -0.164. The summed E-state index contributed by atoms with van der Waals surface area (Å²) in [5.41, 5.74) is 2.19. The molecule has 0 atom stereocenters. The van der Waals surface area contributed by atoms with Crippen molar-refractivity contribution in [3.8, 4) is 0 Å². The molecule has 2 aromatic heterocycles. The van der Waals surface area contributed by atoms with Gasteiger partial charge in [-0.05, 0) is 29.3 Å². The van der Waals surface area contributed by atoms with Gasteiger partial charge in [0.15, 0.2) is 5.13 Å². The van der Waals surface area contributed by atoms with Gasteiger partial charge in [0.05, 0.1) is 18.7 Å². The van der Waals surface area contributed by atoms with Crippen LogP contribution in [0.15, 0.2) is 22.2 Å². The number of ether oxygens (including phenoxy) is 1. The number of aryl methyl sites for hydroxylation is 1. The maximum atomic E-state index is 11.2. The minimum absolute atomic E-state index is 0.164. The number of thiophene rings is 1. The summed E-state index contributed by atoms with van der Waals surface area (Å²) in [6.45, 7) is 3.03. The highest BCUT2D eigenvalue weighted by molar-refractivity contribution is 7.13. The predicted molar refractivity (Wildman–Crippen MR) is 78.7 cm³/mol. The molecule has 0 aliphatic rings. The molecule has 19 heavy (non-hydrogen) atoms. The van der Waals surface area contributed by atoms with Crippen LogP contribution in [0.5, 0.6) is 0 Å². The molecule has 0 fully saturated rings. The lowest BCUT2D eigenvalue weighted by molar-refractivity contribution is -0.143. The summed E-state index contributed by atoms with van der Waals surface area (Å²) in [7, 11) is 0. The van der Waals surface area contributed by atoms with E-state index < -0.39 is 0 Å². The Morgan fingerprint density at radius 1 is 1.47 bits per heavy atom. The number of nitrogens with one attached hydrogen (secondary N) is 1. The minimum Gasteiger partial charge on any atom is -0.466 e. The van der Waals surface area contributed by atoms with Crippen LogP contribution in [0.25, 0.3) is 0 Å². The predicted octanol–water partition coefficient (Wildman–Crippen LogP) is 3.31. The Morgan fingerprint density at radius 2 is 2.37 bits per heavy atom. The van der Waals surface area contributed by atoms with E-state index in [1.807, 2.05) is 12.3 Å². The molecule has 0 aromatic carbocycles. The topological polar surface area (TPSA) is 51.2 Å². The van der Waals surface area contributed by atoms with Crippen LogP contribution >= 0.6 is 22.7 Å². The molecule has 0 amide bonds. The average Bonchev–Trinajstić information content (AvgIpc) is 3.06. The Balaban J connectivity index is 1.77. The van der Waals surface area contributed by atoms with E-state index in [1.165, 1.54) is 5.56 Å². The van der Waals surface area contributed by atoms with E-state index in [-0.39, 0.29) is 5.97 Å². The van der Waals surface area contributed by atoms with Crippen LogP contribution in [-0.4, -0.2) is 17.6 Å². The Morgan fingerprint density at radius 3 is 3.11 bits per heavy atom. The third kappa shape index (κ3) is 4.65. The molecule has 0 radical (unpaired) electrons. The highest BCUT2D eigenvalue weighted by Gasteiger charge is 2.06. The Labute approximate surface area is 120 Å². The molecule has 4 nitrogen and oxygen atoms in total. The van der Waals surface area contributed by atoms with Gasteiger partial charge in [-0.1, -0.05) is 0 Å². The first kappa shape index (κ1) is 14.0. The molecule has 0 unspecified atom stereocenters. The van der Waals surface area contributed by atoms with Crippen LogP contribution in [-0.2, 0) is 22.5 Å². The van der Waals surface area contributed by atoms with Gasteiger partial charge in [0.2, 0.25) is 0 Å². The molecule has 2 heterocycles. The van der Waals surface area contributed by atoms with Gasteiger partial charge in [-0.3, -0.25) is 4.79 Å². The number of carbonyl (C=O) groups excluding carboxylic acids is 1. The summed E-state index contributed by atoms with van der Waals surface area (Å²) in [5, 5.41) is 10.3. The fourth-order valence-electron chi connectivity index (χ4n) is 1.54. The van der Waals surface area contributed by atoms with Gasteiger partial charge >= 0.3 is 5.97 Å². The smallest absolute Gasteiger partial charge is 0.306 e. The number of hydrogen-bond acceptors (Lipinski definition) is 6. The maximum Gasteiger partial charge on any atom is 0.306 e. The number of hydrogen-bond donors (Lipinski definition) is 1. The van der Waals surface area contributed by atoms with Crippen LogP contribution < -0.4 is 5.32 Å². The normalized spacial score (nSPS) is 10.4. The van der Waals surface area contributed by atoms with Crippen molar-refractivity contribution in [1.29, 1.82) is 0 Å². The molecule has 0 saturated heterocycles. The van der Waals surface area contributed by atoms with E-state index in [1.54, 1.807) is 22.7 Å². The van der Waals surface area contributed by atoms with Gasteiger partial charge in [-0.15, -0.1) is 11.3 Å². The third-order valence-corrected chi connectivity index (χ3v) is 4.05. The summed E-state index contributed by atoms with van der Waals surface area (Å²) in [4.78, 5) is 15.7. The van der Waals surface area contributed by atoms with Gasteiger partial charge in [-0.25, -0.2) is 4.98 Å². The van der Waals surface area contributed by atoms with Crippen LogP contribution in [0.2, 0.25) is 0 Å². The van der Waals surface area contributed by atoms with Gasteiger partial charge in [0, 0.05) is 18.3 Å². The van der Waals surface area contributed by atoms with Crippen molar-refractivity contribution in [2.75, 3.05) is 11.9 Å². The zero-order chi connectivity index (χ0) is 13.5. The number of rotatable bonds is 7. The minimum atomic E-state index is -0.164. The van der Waals surface area contributed by atoms with Crippen LogP contribution in [0.1, 0.15) is 24.6 Å². The molecule has 1 N–H and O–H groups in total. The molecule has 0 spiro atoms. The van der Waals surface area contributed by atoms with E-state index in [2.05, 4.69) is 27.1 Å². The quantitative estimate of drug-likeness (QED) is 0.796. The number of carbonyl (C=O) groups is 1. The maximum absolute atomic E-state index is 11.2. The fourth-order valence-corrected chi connectivity index (χ4v) is 2.95. The third-order valence-electron chi connectivity index (χ3n) is 2.47. The number of thiazole rings is 1. The lowest BCUT2D eigenvalue weighted by Crippen LogP contribution is -2.05. The van der Waals surface area contributed by atoms with E-state index in [4.69, 9.17) is 4.74 Å². The van der Waals surface area contributed by atoms with Crippen LogP contribution in [0.3, 0.4) is 0 Å². The van der Waals surface area contributed by atoms with E-state index in [0.29, 0.717) is 19.4 Å². The first-order chi connectivity index (χ1) is 9.28. The summed E-state index contributed by atoms with van der Waals surface area (Å²) in [6, 6.07) is 2.09. The number of esters is 1. The molecule has 102 valence electrons. The lowest BCUT2D eigenvalue weighted by atomic mass is 10.2. The van der Waals surface area contributed by atoms with Crippen LogP contribution in [0, 0.1) is 0 Å². The number of aromatic nitrogens is 1. The van der Waals surface area contributed by atoms with Crippen LogP contribution in [0.4, 0.5) is 5.13 Å². The van der Waals surface area contributed by atoms with Crippen molar-refractivity contribution in [3.63, 3.8) is 0 Å². The summed E-state index contributed by atoms with van der Waals surface area (Å²) in [6.07, 6.45) is 1.02. The zero-order valence-corrected chi connectivity index (χ0v) is 12.4. The molecule has 2 aromatic rings. The van der Waals surface area contributed by atoms with Crippen molar-refractivity contribution < 1.29 is 9.53 Å². The molecule has 0 bridgehead atoms. The standard InChI is InChI=1S/C13H16N2O2S2/c1-2-17-12(16)4-3-11-9-19-13(15-11)14-7-10-5-6-18-8-10/h5-6,8-9H,2-4,7H2,1H3,(H,14,15). The highest BCUT2D eigenvalue weighted by Crippen LogP contribution is 2.18. The Bertz CT molecular complexity index is 508. The second-order valence-corrected chi connectivity index (χ2v) is 5.57. The van der Waals surface area contributed by atoms with Crippen molar-refractivity contribution in [2.45, 2.75) is 26.3 Å². The van der Waals surface area contributed by atoms with Gasteiger partial charge in [0.1, 0.15) is 0 Å². The van der Waals surface area contributed by atoms with Crippen molar-refractivity contribution >= 4 is 33.8 Å². The molecule has 0 saturated carbocycles. The first-order valence-electron chi connectivity index (χ1n) is 6.13. The zero-order valence-electron chi connectivity index (χ0n) is 10.7. The second-order valence-electron chi connectivity index (χ2n) is 3.93. The average molecular weight is 296 g/mol. The van der Waals surface area contributed by atoms with Crippen molar-refractivity contribution in [1.82, 2.24) is 4.98 Å². The number of anilines is 1. The molecular formula is C13H16N2O2S2. The molecule has 2 rings (SSSR count). The Kier molecular flexibility index (Phi) is 5.35. The van der Waals surface area contributed by atoms with E-state index in [9.17, 15) is 4.79 Å². The second kappa shape index (κ2) is 7.25. The van der Waals surface area contributed by atoms with Gasteiger partial charge in [-0.2, -0.15) is 11.3 Å². The van der Waals surface area contributed by atoms with E-state index >= 15 is 0 Å². The number of nitrogens with zero attached hydrogens (tertiary/aromatic N) is 1. The molecule has 6 heteroatoms. The molecule has 0 aliphatic heterocycles. The van der Waals surface area contributed by atoms with Crippen molar-refractivity contribution in [2.24, 2.45) is 0 Å². The first-order valence-corrected chi connectivity index (χ1v) is 7.95. The summed E-state index contributed by atoms with van der Waals surface area (Å²) < 4.78 is 4.89. The van der Waals surface area contributed by atoms with Gasteiger partial charge < -0.3 is 10.1 Å². The van der Waals surface area contributed by atoms with Crippen molar-refractivity contribution in [3.05, 3.63) is 33.5 Å². The lowest BCUT2D eigenvalue weighted by Gasteiger charge is -2.00. The molecular weight excluding hydrogens is 280 g/mol. The van der Waals surface area contributed by atoms with E-state index in [0.717, 1.165) is 17.4 Å². The SMILES string of the molecule is CCOC(=O)CCc1csc(NCc2ccsc2)n1. The van der Waals surface area contributed by atoms with Gasteiger partial charge in [0.25, 0.3) is 0 Å². The Hall–Kier alpha value is -1.40. The summed E-state index contributed by atoms with van der Waals surface area (Å²) >= 11 is 3.25. The highest BCUT2D eigenvalue weighted by atomic mass is 32.1. The monoisotopic (exact) mass is 296 g/mol. The fraction of sp³-hybridized carbons (Fsp3) is 0.385.